The minimum absolute atomic E-state index is 0.248. The lowest BCUT2D eigenvalue weighted by atomic mass is 10.0. The van der Waals surface area contributed by atoms with E-state index in [9.17, 15) is 24.3 Å². The fraction of sp³-hybridized carbons (Fsp3) is 0.810. The van der Waals surface area contributed by atoms with Crippen LogP contribution in [-0.4, -0.2) is 76.4 Å². The minimum Gasteiger partial charge on any atom is -0.480 e. The van der Waals surface area contributed by atoms with E-state index in [1.165, 1.54) is 16.7 Å². The van der Waals surface area contributed by atoms with E-state index >= 15 is 0 Å². The predicted octanol–water partition coefficient (Wildman–Crippen LogP) is 0.814. The van der Waals surface area contributed by atoms with Crippen LogP contribution in [0.25, 0.3) is 0 Å². The number of rotatable bonds is 12. The Morgan fingerprint density at radius 1 is 1.16 bits per heavy atom. The first-order valence-corrected chi connectivity index (χ1v) is 12.3. The monoisotopic (exact) mass is 458 g/mol. The number of carboxylic acid groups (broad SMARTS) is 1. The normalized spacial score (nSPS) is 19.2. The molecular weight excluding hydrogens is 420 g/mol. The maximum atomic E-state index is 13.0. The second-order valence-electron chi connectivity index (χ2n) is 8.84. The highest BCUT2D eigenvalue weighted by molar-refractivity contribution is 7.98. The van der Waals surface area contributed by atoms with Crippen LogP contribution in [0, 0.1) is 11.8 Å². The van der Waals surface area contributed by atoms with Gasteiger partial charge in [0, 0.05) is 6.54 Å². The molecule has 0 spiro atoms. The first kappa shape index (κ1) is 27.2. The molecule has 0 aliphatic carbocycles. The fourth-order valence-corrected chi connectivity index (χ4v) is 4.14. The number of carbonyl (C=O) groups is 4. The number of nitrogens with two attached hydrogens (primary N) is 1. The molecule has 4 unspecified atom stereocenters. The molecule has 0 aromatic heterocycles. The van der Waals surface area contributed by atoms with Gasteiger partial charge in [0.1, 0.15) is 18.1 Å². The Hall–Kier alpha value is -1.81. The lowest BCUT2D eigenvalue weighted by Gasteiger charge is -2.29. The van der Waals surface area contributed by atoms with Gasteiger partial charge in [0.05, 0.1) is 6.04 Å². The lowest BCUT2D eigenvalue weighted by molar-refractivity contribution is -0.144. The molecule has 3 amide bonds. The summed E-state index contributed by atoms with van der Waals surface area (Å²) in [5.41, 5.74) is 6.04. The fourth-order valence-electron chi connectivity index (χ4n) is 3.66. The molecule has 178 valence electrons. The zero-order valence-electron chi connectivity index (χ0n) is 19.2. The lowest BCUT2D eigenvalue weighted by Crippen LogP contribution is -2.57. The Morgan fingerprint density at radius 2 is 1.81 bits per heavy atom. The third kappa shape index (κ3) is 8.33. The third-order valence-corrected chi connectivity index (χ3v) is 6.00. The standard InChI is InChI=1S/C21H38N4O5S/c1-12(2)11-14(22)20(28)25-9-6-7-16(25)19(27)23-15(8-10-31-5)18(26)24-17(13(3)4)21(29)30/h12-17H,6-11,22H2,1-5H3,(H,23,27)(H,24,26)(H,29,30). The van der Waals surface area contributed by atoms with Crippen molar-refractivity contribution in [2.45, 2.75) is 77.5 Å². The van der Waals surface area contributed by atoms with Crippen molar-refractivity contribution in [3.05, 3.63) is 0 Å². The highest BCUT2D eigenvalue weighted by Gasteiger charge is 2.38. The number of likely N-dealkylation sites (tertiary alicyclic amines) is 1. The van der Waals surface area contributed by atoms with Crippen molar-refractivity contribution in [3.8, 4) is 0 Å². The van der Waals surface area contributed by atoms with E-state index in [1.54, 1.807) is 13.8 Å². The van der Waals surface area contributed by atoms with Crippen molar-refractivity contribution in [2.24, 2.45) is 17.6 Å². The zero-order chi connectivity index (χ0) is 23.7. The summed E-state index contributed by atoms with van der Waals surface area (Å²) in [6.45, 7) is 7.84. The number of hydrogen-bond acceptors (Lipinski definition) is 6. The molecule has 9 nitrogen and oxygen atoms in total. The smallest absolute Gasteiger partial charge is 0.326 e. The molecule has 0 bridgehead atoms. The van der Waals surface area contributed by atoms with E-state index in [1.807, 2.05) is 20.1 Å². The van der Waals surface area contributed by atoms with Crippen LogP contribution in [-0.2, 0) is 19.2 Å². The SMILES string of the molecule is CSCCC(NC(=O)C1CCCN1C(=O)C(N)CC(C)C)C(=O)NC(C(=O)O)C(C)C. The van der Waals surface area contributed by atoms with Crippen molar-refractivity contribution in [2.75, 3.05) is 18.6 Å². The highest BCUT2D eigenvalue weighted by Crippen LogP contribution is 2.20. The van der Waals surface area contributed by atoms with Crippen LogP contribution in [0.4, 0.5) is 0 Å². The van der Waals surface area contributed by atoms with Crippen LogP contribution >= 0.6 is 11.8 Å². The molecule has 1 fully saturated rings. The molecule has 0 radical (unpaired) electrons. The first-order valence-electron chi connectivity index (χ1n) is 10.9. The van der Waals surface area contributed by atoms with Crippen molar-refractivity contribution < 1.29 is 24.3 Å². The zero-order valence-corrected chi connectivity index (χ0v) is 20.0. The molecule has 1 aliphatic heterocycles. The number of carbonyl (C=O) groups excluding carboxylic acids is 3. The number of aliphatic carboxylic acids is 1. The van der Waals surface area contributed by atoms with Crippen LogP contribution in [0.3, 0.4) is 0 Å². The molecule has 1 aliphatic rings. The number of carboxylic acids is 1. The van der Waals surface area contributed by atoms with Gasteiger partial charge in [-0.15, -0.1) is 0 Å². The van der Waals surface area contributed by atoms with Crippen molar-refractivity contribution >= 4 is 35.5 Å². The summed E-state index contributed by atoms with van der Waals surface area (Å²) in [7, 11) is 0. The Kier molecular flexibility index (Phi) is 11.3. The second kappa shape index (κ2) is 12.9. The molecule has 0 aromatic carbocycles. The Labute approximate surface area is 189 Å². The van der Waals surface area contributed by atoms with E-state index in [2.05, 4.69) is 10.6 Å². The highest BCUT2D eigenvalue weighted by atomic mass is 32.2. The van der Waals surface area contributed by atoms with Crippen molar-refractivity contribution in [1.29, 1.82) is 0 Å². The average Bonchev–Trinajstić information content (AvgIpc) is 3.17. The summed E-state index contributed by atoms with van der Waals surface area (Å²) < 4.78 is 0. The molecule has 0 aromatic rings. The van der Waals surface area contributed by atoms with Gasteiger partial charge in [-0.05, 0) is 49.5 Å². The van der Waals surface area contributed by atoms with Crippen LogP contribution < -0.4 is 16.4 Å². The number of hydrogen-bond donors (Lipinski definition) is 4. The second-order valence-corrected chi connectivity index (χ2v) is 9.82. The van der Waals surface area contributed by atoms with Crippen molar-refractivity contribution in [3.63, 3.8) is 0 Å². The molecule has 31 heavy (non-hydrogen) atoms. The number of amides is 3. The average molecular weight is 459 g/mol. The van der Waals surface area contributed by atoms with Crippen LogP contribution in [0.5, 0.6) is 0 Å². The maximum absolute atomic E-state index is 13.0. The summed E-state index contributed by atoms with van der Waals surface area (Å²) in [6.07, 6.45) is 3.98. The van der Waals surface area contributed by atoms with Gasteiger partial charge in [-0.25, -0.2) is 4.79 Å². The van der Waals surface area contributed by atoms with Crippen LogP contribution in [0.1, 0.15) is 53.4 Å². The maximum Gasteiger partial charge on any atom is 0.326 e. The first-order chi connectivity index (χ1) is 14.5. The predicted molar refractivity (Wildman–Crippen MR) is 121 cm³/mol. The molecule has 0 saturated carbocycles. The number of nitrogens with zero attached hydrogens (tertiary/aromatic N) is 1. The summed E-state index contributed by atoms with van der Waals surface area (Å²) in [5, 5.41) is 14.6. The van der Waals surface area contributed by atoms with Crippen LogP contribution in [0.15, 0.2) is 0 Å². The van der Waals surface area contributed by atoms with Gasteiger partial charge in [0.15, 0.2) is 0 Å². The largest absolute Gasteiger partial charge is 0.480 e. The van der Waals surface area contributed by atoms with Crippen molar-refractivity contribution in [1.82, 2.24) is 15.5 Å². The van der Waals surface area contributed by atoms with E-state index in [0.717, 1.165) is 0 Å². The van der Waals surface area contributed by atoms with E-state index < -0.39 is 42.0 Å². The summed E-state index contributed by atoms with van der Waals surface area (Å²) >= 11 is 1.52. The summed E-state index contributed by atoms with van der Waals surface area (Å²) in [6, 6.07) is -3.25. The minimum atomic E-state index is -1.12. The Balaban J connectivity index is 2.88. The van der Waals surface area contributed by atoms with Gasteiger partial charge in [0.25, 0.3) is 0 Å². The molecule has 1 heterocycles. The topological polar surface area (TPSA) is 142 Å². The third-order valence-electron chi connectivity index (χ3n) is 5.36. The molecule has 1 rings (SSSR count). The van der Waals surface area contributed by atoms with Gasteiger partial charge < -0.3 is 26.4 Å². The molecule has 1 saturated heterocycles. The molecule has 4 atom stereocenters. The van der Waals surface area contributed by atoms with E-state index in [4.69, 9.17) is 5.73 Å². The molecule has 10 heteroatoms. The Bertz CT molecular complexity index is 643. The van der Waals surface area contributed by atoms with Gasteiger partial charge in [-0.1, -0.05) is 27.7 Å². The molecule has 5 N–H and O–H groups in total. The van der Waals surface area contributed by atoms with E-state index in [-0.39, 0.29) is 17.7 Å². The van der Waals surface area contributed by atoms with Gasteiger partial charge in [0.2, 0.25) is 17.7 Å². The number of nitrogens with one attached hydrogen (secondary N) is 2. The number of thioether (sulfide) groups is 1. The van der Waals surface area contributed by atoms with Gasteiger partial charge in [-0.3, -0.25) is 14.4 Å². The van der Waals surface area contributed by atoms with Gasteiger partial charge >= 0.3 is 5.97 Å². The van der Waals surface area contributed by atoms with E-state index in [0.29, 0.717) is 38.0 Å². The quantitative estimate of drug-likeness (QED) is 0.339. The Morgan fingerprint density at radius 3 is 2.32 bits per heavy atom. The molecular formula is C21H38N4O5S. The van der Waals surface area contributed by atoms with Crippen LogP contribution in [0.2, 0.25) is 0 Å². The summed E-state index contributed by atoms with van der Waals surface area (Å²) in [4.78, 5) is 51.5. The summed E-state index contributed by atoms with van der Waals surface area (Å²) in [5.74, 6) is -1.73. The van der Waals surface area contributed by atoms with Gasteiger partial charge in [-0.2, -0.15) is 11.8 Å².